The van der Waals surface area contributed by atoms with Crippen LogP contribution < -0.4 is 5.32 Å². The predicted molar refractivity (Wildman–Crippen MR) is 86.3 cm³/mol. The number of carbonyl (C=O) groups is 1. The third-order valence-electron chi connectivity index (χ3n) is 3.02. The number of hydrogen-bond donors (Lipinski definition) is 1. The number of aromatic nitrogens is 1. The van der Waals surface area contributed by atoms with E-state index in [1.165, 1.54) is 12.1 Å². The number of esters is 1. The molecule has 1 heterocycles. The van der Waals surface area contributed by atoms with Gasteiger partial charge in [-0.25, -0.2) is 18.2 Å². The summed E-state index contributed by atoms with van der Waals surface area (Å²) in [6.07, 6.45) is 2.63. The molecule has 1 aromatic carbocycles. The minimum Gasteiger partial charge on any atom is -0.465 e. The fraction of sp³-hybridized carbons (Fsp3) is 0.125. The molecule has 0 atom stereocenters. The van der Waals surface area contributed by atoms with Gasteiger partial charge in [-0.15, -0.1) is 0 Å². The van der Waals surface area contributed by atoms with Crippen LogP contribution in [0.15, 0.2) is 64.7 Å². The van der Waals surface area contributed by atoms with Crippen molar-refractivity contribution in [3.05, 3.63) is 65.3 Å². The normalized spacial score (nSPS) is 11.8. The first-order valence-electron chi connectivity index (χ1n) is 6.73. The molecule has 0 amide bonds. The number of ether oxygens (including phenoxy) is 1. The molecule has 0 aliphatic carbocycles. The highest BCUT2D eigenvalue weighted by Crippen LogP contribution is 2.21. The molecule has 0 aliphatic rings. The SMILES string of the molecule is COC(=O)/C(=C/Nc1ccccn1)S(=O)(=O)c1ccc(C)cc1. The van der Waals surface area contributed by atoms with Crippen LogP contribution >= 0.6 is 0 Å². The molecule has 1 N–H and O–H groups in total. The molecule has 0 spiro atoms. The molecule has 120 valence electrons. The third kappa shape index (κ3) is 3.95. The Morgan fingerprint density at radius 1 is 1.17 bits per heavy atom. The molecule has 0 saturated carbocycles. The summed E-state index contributed by atoms with van der Waals surface area (Å²) in [7, 11) is -2.88. The Hall–Kier alpha value is -2.67. The van der Waals surface area contributed by atoms with Crippen LogP contribution in [-0.2, 0) is 19.4 Å². The Labute approximate surface area is 134 Å². The third-order valence-corrected chi connectivity index (χ3v) is 4.78. The summed E-state index contributed by atoms with van der Waals surface area (Å²) in [4.78, 5) is 15.4. The number of carbonyl (C=O) groups excluding carboxylic acids is 1. The van der Waals surface area contributed by atoms with Crippen molar-refractivity contribution >= 4 is 21.6 Å². The first-order chi connectivity index (χ1) is 10.9. The van der Waals surface area contributed by atoms with Crippen molar-refractivity contribution in [1.82, 2.24) is 4.98 Å². The van der Waals surface area contributed by atoms with Gasteiger partial charge in [0.15, 0.2) is 4.91 Å². The summed E-state index contributed by atoms with van der Waals surface area (Å²) in [5.74, 6) is -0.540. The molecule has 7 heteroatoms. The van der Waals surface area contributed by atoms with Gasteiger partial charge in [-0.2, -0.15) is 0 Å². The number of rotatable bonds is 5. The number of hydrogen-bond acceptors (Lipinski definition) is 6. The molecule has 0 aliphatic heterocycles. The van der Waals surface area contributed by atoms with E-state index in [-0.39, 0.29) is 4.90 Å². The van der Waals surface area contributed by atoms with Crippen LogP contribution in [0.4, 0.5) is 5.82 Å². The monoisotopic (exact) mass is 332 g/mol. The Kier molecular flexibility index (Phi) is 5.13. The van der Waals surface area contributed by atoms with E-state index < -0.39 is 20.7 Å². The maximum absolute atomic E-state index is 12.6. The van der Waals surface area contributed by atoms with Crippen LogP contribution in [0, 0.1) is 6.92 Å². The Bertz CT molecular complexity index is 813. The van der Waals surface area contributed by atoms with E-state index in [4.69, 9.17) is 0 Å². The average molecular weight is 332 g/mol. The molecule has 2 rings (SSSR count). The van der Waals surface area contributed by atoms with Crippen LogP contribution in [0.5, 0.6) is 0 Å². The zero-order chi connectivity index (χ0) is 16.9. The summed E-state index contributed by atoms with van der Waals surface area (Å²) in [6.45, 7) is 1.84. The van der Waals surface area contributed by atoms with Crippen LogP contribution in [0.3, 0.4) is 0 Å². The van der Waals surface area contributed by atoms with Crippen LogP contribution in [0.25, 0.3) is 0 Å². The van der Waals surface area contributed by atoms with Gasteiger partial charge >= 0.3 is 5.97 Å². The number of nitrogens with zero attached hydrogens (tertiary/aromatic N) is 1. The Morgan fingerprint density at radius 3 is 2.43 bits per heavy atom. The van der Waals surface area contributed by atoms with Crippen molar-refractivity contribution in [3.8, 4) is 0 Å². The maximum atomic E-state index is 12.6. The number of aryl methyl sites for hydroxylation is 1. The van der Waals surface area contributed by atoms with Gasteiger partial charge in [0.1, 0.15) is 5.82 Å². The van der Waals surface area contributed by atoms with E-state index >= 15 is 0 Å². The highest BCUT2D eigenvalue weighted by molar-refractivity contribution is 7.96. The van der Waals surface area contributed by atoms with Crippen LogP contribution in [0.1, 0.15) is 5.56 Å². The minimum atomic E-state index is -4.00. The average Bonchev–Trinajstić information content (AvgIpc) is 2.56. The second kappa shape index (κ2) is 7.06. The first kappa shape index (κ1) is 16.7. The molecule has 0 saturated heterocycles. The summed E-state index contributed by atoms with van der Waals surface area (Å²) in [5, 5.41) is 2.69. The fourth-order valence-electron chi connectivity index (χ4n) is 1.78. The molecular formula is C16H16N2O4S. The highest BCUT2D eigenvalue weighted by atomic mass is 32.2. The summed E-state index contributed by atoms with van der Waals surface area (Å²) >= 11 is 0. The Balaban J connectivity index is 2.41. The molecule has 0 radical (unpaired) electrons. The second-order valence-electron chi connectivity index (χ2n) is 4.68. The van der Waals surface area contributed by atoms with E-state index in [0.717, 1.165) is 18.9 Å². The minimum absolute atomic E-state index is 0.0163. The standard InChI is InChI=1S/C16H16N2O4S/c1-12-6-8-13(9-7-12)23(20,21)14(16(19)22-2)11-18-15-5-3-4-10-17-15/h3-11H,1-2H3,(H,17,18)/b14-11-. The topological polar surface area (TPSA) is 85.4 Å². The quantitative estimate of drug-likeness (QED) is 0.668. The van der Waals surface area contributed by atoms with Gasteiger partial charge in [0.25, 0.3) is 0 Å². The molecule has 0 unspecified atom stereocenters. The number of nitrogens with one attached hydrogen (secondary N) is 1. The van der Waals surface area contributed by atoms with Crippen molar-refractivity contribution in [1.29, 1.82) is 0 Å². The number of pyridine rings is 1. The zero-order valence-electron chi connectivity index (χ0n) is 12.7. The van der Waals surface area contributed by atoms with Gasteiger partial charge < -0.3 is 10.1 Å². The smallest absolute Gasteiger partial charge is 0.351 e. The van der Waals surface area contributed by atoms with E-state index in [1.54, 1.807) is 36.5 Å². The maximum Gasteiger partial charge on any atom is 0.351 e. The van der Waals surface area contributed by atoms with Crippen molar-refractivity contribution in [2.75, 3.05) is 12.4 Å². The molecule has 23 heavy (non-hydrogen) atoms. The van der Waals surface area contributed by atoms with E-state index in [0.29, 0.717) is 5.82 Å². The molecular weight excluding hydrogens is 316 g/mol. The number of anilines is 1. The van der Waals surface area contributed by atoms with Crippen molar-refractivity contribution in [2.45, 2.75) is 11.8 Å². The lowest BCUT2D eigenvalue weighted by atomic mass is 10.2. The second-order valence-corrected chi connectivity index (χ2v) is 6.59. The largest absolute Gasteiger partial charge is 0.465 e. The molecule has 0 bridgehead atoms. The van der Waals surface area contributed by atoms with Gasteiger partial charge in [-0.05, 0) is 31.2 Å². The molecule has 0 fully saturated rings. The summed E-state index contributed by atoms with van der Waals surface area (Å²) in [6, 6.07) is 11.3. The molecule has 1 aromatic heterocycles. The lowest BCUT2D eigenvalue weighted by molar-refractivity contribution is -0.135. The fourth-order valence-corrected chi connectivity index (χ4v) is 3.04. The van der Waals surface area contributed by atoms with Gasteiger partial charge in [0, 0.05) is 12.4 Å². The Morgan fingerprint density at radius 2 is 1.87 bits per heavy atom. The van der Waals surface area contributed by atoms with Crippen LogP contribution in [-0.4, -0.2) is 26.5 Å². The van der Waals surface area contributed by atoms with Gasteiger partial charge in [0.05, 0.1) is 12.0 Å². The number of methoxy groups -OCH3 is 1. The van der Waals surface area contributed by atoms with Crippen molar-refractivity contribution in [3.63, 3.8) is 0 Å². The predicted octanol–water partition coefficient (Wildman–Crippen LogP) is 2.29. The summed E-state index contributed by atoms with van der Waals surface area (Å²) in [5.41, 5.74) is 0.916. The van der Waals surface area contributed by atoms with E-state index in [1.807, 2.05) is 6.92 Å². The van der Waals surface area contributed by atoms with E-state index in [2.05, 4.69) is 15.0 Å². The number of benzene rings is 1. The first-order valence-corrected chi connectivity index (χ1v) is 8.21. The lowest BCUT2D eigenvalue weighted by Gasteiger charge is -2.08. The van der Waals surface area contributed by atoms with E-state index in [9.17, 15) is 13.2 Å². The lowest BCUT2D eigenvalue weighted by Crippen LogP contribution is -2.17. The molecule has 2 aromatic rings. The molecule has 6 nitrogen and oxygen atoms in total. The van der Waals surface area contributed by atoms with Gasteiger partial charge in [0.2, 0.25) is 9.84 Å². The van der Waals surface area contributed by atoms with Gasteiger partial charge in [-0.1, -0.05) is 23.8 Å². The van der Waals surface area contributed by atoms with Crippen molar-refractivity contribution in [2.24, 2.45) is 0 Å². The zero-order valence-corrected chi connectivity index (χ0v) is 13.5. The number of sulfone groups is 1. The van der Waals surface area contributed by atoms with Crippen molar-refractivity contribution < 1.29 is 17.9 Å². The van der Waals surface area contributed by atoms with Gasteiger partial charge in [-0.3, -0.25) is 0 Å². The highest BCUT2D eigenvalue weighted by Gasteiger charge is 2.28. The van der Waals surface area contributed by atoms with Crippen LogP contribution in [0.2, 0.25) is 0 Å². The summed E-state index contributed by atoms with van der Waals surface area (Å²) < 4.78 is 29.9.